The monoisotopic (exact) mass is 684 g/mol. The molecule has 0 bridgehead atoms. The second kappa shape index (κ2) is 14.5. The lowest BCUT2D eigenvalue weighted by atomic mass is 10.1. The molecule has 1 N–H and O–H groups in total. The van der Waals surface area contributed by atoms with Crippen LogP contribution in [-0.2, 0) is 34.5 Å². The topological polar surface area (TPSA) is 124 Å². The fourth-order valence-electron chi connectivity index (χ4n) is 5.04. The van der Waals surface area contributed by atoms with Gasteiger partial charge in [-0.05, 0) is 87.0 Å². The number of carbonyl (C=O) groups excluding carboxylic acids is 1. The highest BCUT2D eigenvalue weighted by atomic mass is 35.5. The molecule has 5 rings (SSSR count). The summed E-state index contributed by atoms with van der Waals surface area (Å²) in [5.74, 6) is -2.85. The van der Waals surface area contributed by atoms with E-state index in [9.17, 15) is 26.4 Å². The third-order valence-electron chi connectivity index (χ3n) is 7.70. The number of benzene rings is 2. The average molecular weight is 685 g/mol. The van der Waals surface area contributed by atoms with Crippen LogP contribution in [0, 0.1) is 13.8 Å². The number of carboxylic acids is 1. The van der Waals surface area contributed by atoms with Gasteiger partial charge in [-0.25, -0.2) is 18.2 Å². The third-order valence-corrected chi connectivity index (χ3v) is 10.1. The van der Waals surface area contributed by atoms with Crippen LogP contribution in [0.15, 0.2) is 52.0 Å². The van der Waals surface area contributed by atoms with Crippen molar-refractivity contribution in [1.82, 2.24) is 19.1 Å². The number of hydrogen-bond donors (Lipinski definition) is 1. The number of sulfonamides is 1. The molecule has 15 heteroatoms. The predicted molar refractivity (Wildman–Crippen MR) is 164 cm³/mol. The van der Waals surface area contributed by atoms with Crippen LogP contribution in [0.4, 0.5) is 13.2 Å². The highest BCUT2D eigenvalue weighted by molar-refractivity contribution is 7.89. The number of carbonyl (C=O) groups is 2. The highest BCUT2D eigenvalue weighted by Gasteiger charge is 2.40. The van der Waals surface area contributed by atoms with Crippen LogP contribution in [0.25, 0.3) is 0 Å². The number of rotatable bonds is 10. The lowest BCUT2D eigenvalue weighted by molar-refractivity contribution is -0.192. The molecule has 10 nitrogen and oxygen atoms in total. The molecule has 1 amide bonds. The van der Waals surface area contributed by atoms with Crippen molar-refractivity contribution in [2.45, 2.75) is 76.3 Å². The minimum Gasteiger partial charge on any atom is -0.475 e. The van der Waals surface area contributed by atoms with Crippen molar-refractivity contribution in [3.8, 4) is 0 Å². The standard InChI is InChI=1S/C29H35ClN4O4S.C2HF3O2/c1-20-15-27(21(2)14-25(20)30)39(36,37)34(24-10-11-24)18-28-31-26(19-38-28)29(35)32(3)16-22-6-8-23(9-7-22)17-33-12-4-5-13-33;3-2(4,5)1(6)7/h6-9,14-15,19,24H,4-5,10-13,16-18H2,1-3H3;(H,6,7). The van der Waals surface area contributed by atoms with Crippen molar-refractivity contribution in [1.29, 1.82) is 0 Å². The van der Waals surface area contributed by atoms with E-state index >= 15 is 0 Å². The van der Waals surface area contributed by atoms with Crippen LogP contribution in [-0.4, -0.2) is 76.8 Å². The number of aryl methyl sites for hydroxylation is 2. The van der Waals surface area contributed by atoms with Gasteiger partial charge >= 0.3 is 12.1 Å². The van der Waals surface area contributed by atoms with E-state index in [1.54, 1.807) is 37.9 Å². The van der Waals surface area contributed by atoms with E-state index < -0.39 is 22.2 Å². The summed E-state index contributed by atoms with van der Waals surface area (Å²) >= 11 is 6.20. The molecule has 2 fully saturated rings. The smallest absolute Gasteiger partial charge is 0.475 e. The Morgan fingerprint density at radius 1 is 1.04 bits per heavy atom. The van der Waals surface area contributed by atoms with Gasteiger partial charge in [-0.3, -0.25) is 9.69 Å². The summed E-state index contributed by atoms with van der Waals surface area (Å²) in [6.45, 7) is 7.19. The Kier molecular flexibility index (Phi) is 11.2. The molecule has 1 saturated carbocycles. The zero-order chi connectivity index (χ0) is 33.8. The minimum atomic E-state index is -5.08. The number of halogens is 4. The van der Waals surface area contributed by atoms with Gasteiger partial charge < -0.3 is 14.4 Å². The van der Waals surface area contributed by atoms with Gasteiger partial charge in [-0.15, -0.1) is 0 Å². The van der Waals surface area contributed by atoms with E-state index in [2.05, 4.69) is 34.1 Å². The zero-order valence-corrected chi connectivity index (χ0v) is 27.3. The Morgan fingerprint density at radius 3 is 2.20 bits per heavy atom. The molecule has 1 aromatic heterocycles. The quantitative estimate of drug-likeness (QED) is 0.284. The number of hydrogen-bond acceptors (Lipinski definition) is 7. The van der Waals surface area contributed by atoms with Gasteiger partial charge in [0.2, 0.25) is 15.9 Å². The summed E-state index contributed by atoms with van der Waals surface area (Å²) in [7, 11) is -2.09. The number of carboxylic acid groups (broad SMARTS) is 1. The Hall–Kier alpha value is -3.46. The van der Waals surface area contributed by atoms with E-state index in [-0.39, 0.29) is 35.0 Å². The average Bonchev–Trinajstić information content (AvgIpc) is 3.48. The number of aliphatic carboxylic acids is 1. The van der Waals surface area contributed by atoms with Crippen molar-refractivity contribution >= 4 is 33.5 Å². The summed E-state index contributed by atoms with van der Waals surface area (Å²) in [5, 5.41) is 7.66. The second-order valence-corrected chi connectivity index (χ2v) is 13.8. The van der Waals surface area contributed by atoms with Crippen LogP contribution >= 0.6 is 11.6 Å². The van der Waals surface area contributed by atoms with E-state index in [1.165, 1.54) is 29.0 Å². The molecule has 0 unspecified atom stereocenters. The second-order valence-electron chi connectivity index (χ2n) is 11.5. The molecule has 2 heterocycles. The number of amides is 1. The Balaban J connectivity index is 0.000000617. The number of oxazole rings is 1. The van der Waals surface area contributed by atoms with Crippen LogP contribution in [0.1, 0.15) is 64.3 Å². The lowest BCUT2D eigenvalue weighted by Gasteiger charge is -2.22. The predicted octanol–water partition coefficient (Wildman–Crippen LogP) is 5.80. The summed E-state index contributed by atoms with van der Waals surface area (Å²) < 4.78 is 66.0. The van der Waals surface area contributed by atoms with Crippen molar-refractivity contribution < 1.29 is 40.7 Å². The number of aromatic nitrogens is 1. The van der Waals surface area contributed by atoms with Gasteiger partial charge in [0, 0.05) is 31.2 Å². The first-order valence-corrected chi connectivity index (χ1v) is 16.5. The zero-order valence-electron chi connectivity index (χ0n) is 25.7. The molecule has 1 aliphatic carbocycles. The summed E-state index contributed by atoms with van der Waals surface area (Å²) in [6.07, 6.45) is 0.312. The van der Waals surface area contributed by atoms with Gasteiger partial charge in [0.05, 0.1) is 11.4 Å². The van der Waals surface area contributed by atoms with Crippen LogP contribution in [0.3, 0.4) is 0 Å². The normalized spacial score (nSPS) is 15.5. The molecule has 0 atom stereocenters. The number of likely N-dealkylation sites (tertiary alicyclic amines) is 1. The SMILES string of the molecule is Cc1cc(S(=O)(=O)N(Cc2nc(C(=O)N(C)Cc3ccc(CN4CCCC4)cc3)co2)C2CC2)c(C)cc1Cl.O=C(O)C(F)(F)F. The first kappa shape index (κ1) is 35.4. The van der Waals surface area contributed by atoms with Crippen LogP contribution in [0.5, 0.6) is 0 Å². The van der Waals surface area contributed by atoms with E-state index in [1.807, 2.05) is 0 Å². The molecule has 46 heavy (non-hydrogen) atoms. The lowest BCUT2D eigenvalue weighted by Crippen LogP contribution is -2.33. The van der Waals surface area contributed by atoms with Crippen LogP contribution in [0.2, 0.25) is 5.02 Å². The fraction of sp³-hybridized carbons (Fsp3) is 0.452. The van der Waals surface area contributed by atoms with E-state index in [0.29, 0.717) is 22.7 Å². The largest absolute Gasteiger partial charge is 0.490 e. The van der Waals surface area contributed by atoms with E-state index in [0.717, 1.165) is 38.0 Å². The summed E-state index contributed by atoms with van der Waals surface area (Å²) in [4.78, 5) is 30.6. The molecule has 0 spiro atoms. The van der Waals surface area contributed by atoms with Gasteiger partial charge in [-0.2, -0.15) is 17.5 Å². The fourth-order valence-corrected chi connectivity index (χ4v) is 7.18. The summed E-state index contributed by atoms with van der Waals surface area (Å²) in [6, 6.07) is 11.5. The van der Waals surface area contributed by atoms with Gasteiger partial charge in [0.15, 0.2) is 5.69 Å². The highest BCUT2D eigenvalue weighted by Crippen LogP contribution is 2.35. The maximum atomic E-state index is 13.6. The molecular formula is C31H36ClF3N4O6S. The summed E-state index contributed by atoms with van der Waals surface area (Å²) in [5.41, 5.74) is 3.74. The maximum absolute atomic E-state index is 13.6. The molecule has 0 radical (unpaired) electrons. The van der Waals surface area contributed by atoms with Crippen molar-refractivity contribution in [2.75, 3.05) is 20.1 Å². The van der Waals surface area contributed by atoms with Gasteiger partial charge in [0.1, 0.15) is 6.26 Å². The van der Waals surface area contributed by atoms with Crippen LogP contribution < -0.4 is 0 Å². The molecular weight excluding hydrogens is 649 g/mol. The van der Waals surface area contributed by atoms with Gasteiger partial charge in [0.25, 0.3) is 5.91 Å². The first-order valence-electron chi connectivity index (χ1n) is 14.6. The molecule has 2 aromatic carbocycles. The molecule has 2 aliphatic rings. The third kappa shape index (κ3) is 9.08. The van der Waals surface area contributed by atoms with Crippen molar-refractivity contribution in [2.24, 2.45) is 0 Å². The Morgan fingerprint density at radius 2 is 1.63 bits per heavy atom. The van der Waals surface area contributed by atoms with Crippen molar-refractivity contribution in [3.05, 3.63) is 81.5 Å². The molecule has 250 valence electrons. The molecule has 1 saturated heterocycles. The Labute approximate surface area is 270 Å². The maximum Gasteiger partial charge on any atom is 0.490 e. The van der Waals surface area contributed by atoms with Gasteiger partial charge in [-0.1, -0.05) is 35.9 Å². The number of alkyl halides is 3. The molecule has 1 aliphatic heterocycles. The molecule has 3 aromatic rings. The first-order chi connectivity index (χ1) is 21.6. The van der Waals surface area contributed by atoms with Crippen molar-refractivity contribution in [3.63, 3.8) is 0 Å². The van der Waals surface area contributed by atoms with E-state index in [4.69, 9.17) is 25.9 Å². The Bertz CT molecular complexity index is 1650. The number of nitrogens with zero attached hydrogens (tertiary/aromatic N) is 4. The minimum absolute atomic E-state index is 0.0381.